The van der Waals surface area contributed by atoms with Crippen molar-refractivity contribution in [1.29, 1.82) is 0 Å². The first-order valence-corrected chi connectivity index (χ1v) is 6.11. The molecule has 100 valence electrons. The highest BCUT2D eigenvalue weighted by Gasteiger charge is 2.08. The second kappa shape index (κ2) is 5.05. The maximum atomic E-state index is 10.8. The molecule has 2 heterocycles. The second-order valence-electron chi connectivity index (χ2n) is 4.36. The molecule has 0 fully saturated rings. The molecule has 3 aromatic rings. The minimum absolute atomic E-state index is 0.154. The Hall–Kier alpha value is -2.82. The zero-order valence-electron chi connectivity index (χ0n) is 10.5. The van der Waals surface area contributed by atoms with Gasteiger partial charge in [-0.15, -0.1) is 0 Å². The van der Waals surface area contributed by atoms with Crippen molar-refractivity contribution in [1.82, 2.24) is 4.98 Å². The van der Waals surface area contributed by atoms with E-state index in [9.17, 15) is 4.79 Å². The van der Waals surface area contributed by atoms with E-state index >= 15 is 0 Å². The highest BCUT2D eigenvalue weighted by molar-refractivity contribution is 5.93. The Labute approximate surface area is 114 Å². The Morgan fingerprint density at radius 3 is 3.05 bits per heavy atom. The van der Waals surface area contributed by atoms with Crippen LogP contribution in [-0.4, -0.2) is 16.1 Å². The Morgan fingerprint density at radius 1 is 1.35 bits per heavy atom. The summed E-state index contributed by atoms with van der Waals surface area (Å²) in [5.74, 6) is -0.419. The monoisotopic (exact) mass is 268 g/mol. The minimum Gasteiger partial charge on any atom is -0.478 e. The van der Waals surface area contributed by atoms with Crippen LogP contribution >= 0.6 is 0 Å². The van der Waals surface area contributed by atoms with E-state index in [1.165, 1.54) is 12.3 Å². The van der Waals surface area contributed by atoms with Crippen LogP contribution in [0.2, 0.25) is 0 Å². The molecular formula is C15H12N2O3. The van der Waals surface area contributed by atoms with Gasteiger partial charge in [0.2, 0.25) is 0 Å². The summed E-state index contributed by atoms with van der Waals surface area (Å²) >= 11 is 0. The topological polar surface area (TPSA) is 75.4 Å². The number of nitrogens with one attached hydrogen (secondary N) is 1. The molecule has 0 saturated carbocycles. The fraction of sp³-hybridized carbons (Fsp3) is 0.0667. The number of furan rings is 1. The van der Waals surface area contributed by atoms with Crippen LogP contribution in [0.15, 0.2) is 53.4 Å². The lowest BCUT2D eigenvalue weighted by molar-refractivity contribution is 0.0696. The molecule has 2 N–H and O–H groups in total. The normalized spacial score (nSPS) is 10.6. The van der Waals surface area contributed by atoms with Crippen LogP contribution in [0.4, 0.5) is 5.69 Å². The number of hydrogen-bond acceptors (Lipinski definition) is 4. The maximum absolute atomic E-state index is 10.8. The first-order chi connectivity index (χ1) is 9.74. The zero-order chi connectivity index (χ0) is 13.9. The number of hydrogen-bond donors (Lipinski definition) is 2. The van der Waals surface area contributed by atoms with Crippen molar-refractivity contribution >= 4 is 22.4 Å². The number of rotatable bonds is 4. The summed E-state index contributed by atoms with van der Waals surface area (Å²) in [4.78, 5) is 14.9. The lowest BCUT2D eigenvalue weighted by atomic mass is 10.1. The molecule has 2 aromatic heterocycles. The molecule has 0 atom stereocenters. The third kappa shape index (κ3) is 2.33. The molecule has 0 saturated heterocycles. The average molecular weight is 268 g/mol. The van der Waals surface area contributed by atoms with Gasteiger partial charge in [-0.05, 0) is 23.6 Å². The van der Waals surface area contributed by atoms with Crippen LogP contribution < -0.4 is 5.32 Å². The molecular weight excluding hydrogens is 256 g/mol. The largest absolute Gasteiger partial charge is 0.478 e. The summed E-state index contributed by atoms with van der Waals surface area (Å²) in [6.07, 6.45) is 4.78. The molecule has 1 aromatic carbocycles. The molecule has 0 aliphatic carbocycles. The average Bonchev–Trinajstić information content (AvgIpc) is 2.94. The summed E-state index contributed by atoms with van der Waals surface area (Å²) in [6.45, 7) is 0.418. The van der Waals surface area contributed by atoms with Gasteiger partial charge in [-0.25, -0.2) is 4.79 Å². The van der Waals surface area contributed by atoms with Gasteiger partial charge in [-0.2, -0.15) is 0 Å². The van der Waals surface area contributed by atoms with E-state index in [2.05, 4.69) is 10.3 Å². The van der Waals surface area contributed by atoms with Crippen molar-refractivity contribution in [3.63, 3.8) is 0 Å². The highest BCUT2D eigenvalue weighted by Crippen LogP contribution is 2.22. The molecule has 5 heteroatoms. The number of anilines is 1. The summed E-state index contributed by atoms with van der Waals surface area (Å²) in [5.41, 5.74) is 1.09. The van der Waals surface area contributed by atoms with E-state index < -0.39 is 5.97 Å². The van der Waals surface area contributed by atoms with Crippen molar-refractivity contribution < 1.29 is 14.3 Å². The van der Waals surface area contributed by atoms with Gasteiger partial charge < -0.3 is 14.8 Å². The number of fused-ring (bicyclic) bond motifs is 1. The van der Waals surface area contributed by atoms with E-state index in [0.29, 0.717) is 12.3 Å². The van der Waals surface area contributed by atoms with Crippen LogP contribution in [0.25, 0.3) is 10.8 Å². The van der Waals surface area contributed by atoms with E-state index in [1.807, 2.05) is 24.3 Å². The van der Waals surface area contributed by atoms with Gasteiger partial charge in [0.05, 0.1) is 12.1 Å². The number of pyridine rings is 1. The highest BCUT2D eigenvalue weighted by atomic mass is 16.4. The lowest BCUT2D eigenvalue weighted by Crippen LogP contribution is -1.99. The van der Waals surface area contributed by atoms with Crippen molar-refractivity contribution in [3.05, 3.63) is 60.3 Å². The van der Waals surface area contributed by atoms with Crippen LogP contribution in [0.5, 0.6) is 0 Å². The summed E-state index contributed by atoms with van der Waals surface area (Å²) < 4.78 is 5.20. The van der Waals surface area contributed by atoms with E-state index in [-0.39, 0.29) is 5.56 Å². The van der Waals surface area contributed by atoms with Gasteiger partial charge in [-0.1, -0.05) is 12.1 Å². The van der Waals surface area contributed by atoms with Gasteiger partial charge in [0.15, 0.2) is 0 Å². The number of aromatic nitrogens is 1. The number of benzene rings is 1. The maximum Gasteiger partial charge on any atom is 0.338 e. The Kier molecular flexibility index (Phi) is 3.09. The standard InChI is InChI=1S/C15H12N2O3/c18-15(19)11-6-12(20-9-11)7-17-14-3-1-2-10-4-5-16-8-13(10)14/h1-6,8-9,17H,7H2,(H,18,19). The van der Waals surface area contributed by atoms with E-state index in [1.54, 1.807) is 12.4 Å². The van der Waals surface area contributed by atoms with Gasteiger partial charge in [0.25, 0.3) is 0 Å². The van der Waals surface area contributed by atoms with Crippen LogP contribution in [0.1, 0.15) is 16.1 Å². The van der Waals surface area contributed by atoms with Crippen molar-refractivity contribution in [2.75, 3.05) is 5.32 Å². The number of carboxylic acids is 1. The Morgan fingerprint density at radius 2 is 2.25 bits per heavy atom. The molecule has 20 heavy (non-hydrogen) atoms. The SMILES string of the molecule is O=C(O)c1coc(CNc2cccc3ccncc23)c1. The van der Waals surface area contributed by atoms with Crippen LogP contribution in [-0.2, 0) is 6.54 Å². The molecule has 5 nitrogen and oxygen atoms in total. The molecule has 0 aliphatic rings. The van der Waals surface area contributed by atoms with Crippen LogP contribution in [0.3, 0.4) is 0 Å². The van der Waals surface area contributed by atoms with Crippen molar-refractivity contribution in [2.45, 2.75) is 6.54 Å². The van der Waals surface area contributed by atoms with Crippen molar-refractivity contribution in [3.8, 4) is 0 Å². The zero-order valence-corrected chi connectivity index (χ0v) is 10.5. The molecule has 3 rings (SSSR count). The van der Waals surface area contributed by atoms with Gasteiger partial charge in [0, 0.05) is 23.5 Å². The van der Waals surface area contributed by atoms with Gasteiger partial charge in [0.1, 0.15) is 12.0 Å². The van der Waals surface area contributed by atoms with Gasteiger partial charge in [-0.3, -0.25) is 4.98 Å². The van der Waals surface area contributed by atoms with Gasteiger partial charge >= 0.3 is 5.97 Å². The summed E-state index contributed by atoms with van der Waals surface area (Å²) in [7, 11) is 0. The lowest BCUT2D eigenvalue weighted by Gasteiger charge is -2.07. The first-order valence-electron chi connectivity index (χ1n) is 6.11. The molecule has 0 bridgehead atoms. The molecule has 0 aliphatic heterocycles. The number of carbonyl (C=O) groups is 1. The fourth-order valence-electron chi connectivity index (χ4n) is 2.04. The Bertz CT molecular complexity index is 759. The molecule has 0 amide bonds. The predicted octanol–water partition coefficient (Wildman–Crippen LogP) is 3.14. The minimum atomic E-state index is -0.991. The smallest absolute Gasteiger partial charge is 0.338 e. The molecule has 0 unspecified atom stereocenters. The fourth-order valence-corrected chi connectivity index (χ4v) is 2.04. The third-order valence-electron chi connectivity index (χ3n) is 3.04. The Balaban J connectivity index is 1.81. The summed E-state index contributed by atoms with van der Waals surface area (Å²) in [6, 6.07) is 9.37. The van der Waals surface area contributed by atoms with E-state index in [4.69, 9.17) is 9.52 Å². The number of nitrogens with zero attached hydrogens (tertiary/aromatic N) is 1. The summed E-state index contributed by atoms with van der Waals surface area (Å²) in [5, 5.41) is 14.2. The van der Waals surface area contributed by atoms with E-state index in [0.717, 1.165) is 16.5 Å². The third-order valence-corrected chi connectivity index (χ3v) is 3.04. The predicted molar refractivity (Wildman–Crippen MR) is 74.7 cm³/mol. The number of carboxylic acid groups (broad SMARTS) is 1. The first kappa shape index (κ1) is 12.2. The van der Waals surface area contributed by atoms with Crippen LogP contribution in [0, 0.1) is 0 Å². The van der Waals surface area contributed by atoms with Crippen molar-refractivity contribution in [2.24, 2.45) is 0 Å². The second-order valence-corrected chi connectivity index (χ2v) is 4.36. The number of aromatic carboxylic acids is 1. The molecule has 0 spiro atoms. The molecule has 0 radical (unpaired) electrons. The quantitative estimate of drug-likeness (QED) is 0.760.